The van der Waals surface area contributed by atoms with E-state index in [1.54, 1.807) is 18.3 Å². The fourth-order valence-electron chi connectivity index (χ4n) is 3.10. The molecule has 1 aromatic carbocycles. The van der Waals surface area contributed by atoms with Gasteiger partial charge in [0.25, 0.3) is 5.91 Å². The van der Waals surface area contributed by atoms with E-state index in [0.717, 1.165) is 31.5 Å². The van der Waals surface area contributed by atoms with Crippen molar-refractivity contribution in [3.05, 3.63) is 59.8 Å². The summed E-state index contributed by atoms with van der Waals surface area (Å²) >= 11 is 0. The van der Waals surface area contributed by atoms with Gasteiger partial charge in [0.05, 0.1) is 18.2 Å². The summed E-state index contributed by atoms with van der Waals surface area (Å²) in [7, 11) is 0. The molecule has 0 bridgehead atoms. The summed E-state index contributed by atoms with van der Waals surface area (Å²) in [5.74, 6) is 1.39. The lowest BCUT2D eigenvalue weighted by Gasteiger charge is -2.30. The Morgan fingerprint density at radius 1 is 1.24 bits per heavy atom. The zero-order valence-electron chi connectivity index (χ0n) is 14.6. The van der Waals surface area contributed by atoms with Crippen LogP contribution in [0.25, 0.3) is 0 Å². The van der Waals surface area contributed by atoms with Crippen LogP contribution in [0.1, 0.15) is 41.7 Å². The van der Waals surface area contributed by atoms with Gasteiger partial charge in [-0.25, -0.2) is 4.98 Å². The number of likely N-dealkylation sites (tertiary alicyclic amines) is 1. The third kappa shape index (κ3) is 4.37. The third-order valence-corrected chi connectivity index (χ3v) is 4.79. The van der Waals surface area contributed by atoms with Crippen molar-refractivity contribution in [1.82, 2.24) is 9.88 Å². The summed E-state index contributed by atoms with van der Waals surface area (Å²) in [6.07, 6.45) is 3.74. The molecule has 1 amide bonds. The average Bonchev–Trinajstić information content (AvgIpc) is 2.67. The lowest BCUT2D eigenvalue weighted by molar-refractivity contribution is 0.0697. The van der Waals surface area contributed by atoms with Crippen LogP contribution in [0.2, 0.25) is 0 Å². The molecule has 2 aromatic rings. The molecule has 25 heavy (non-hydrogen) atoms. The number of carbonyl (C=O) groups is 1. The molecule has 2 heterocycles. The fraction of sp³-hybridized carbons (Fsp3) is 0.400. The molecule has 1 saturated heterocycles. The molecule has 0 radical (unpaired) electrons. The van der Waals surface area contributed by atoms with E-state index in [1.807, 2.05) is 35.2 Å². The Bertz CT molecular complexity index is 680. The molecule has 1 unspecified atom stereocenters. The second kappa shape index (κ2) is 8.12. The van der Waals surface area contributed by atoms with Crippen molar-refractivity contribution in [1.29, 1.82) is 0 Å². The van der Waals surface area contributed by atoms with Gasteiger partial charge in [0.15, 0.2) is 0 Å². The topological polar surface area (TPSA) is 65.5 Å². The lowest BCUT2D eigenvalue weighted by atomic mass is 9.99. The van der Waals surface area contributed by atoms with Crippen LogP contribution in [0, 0.1) is 5.92 Å². The molecule has 1 aliphatic heterocycles. The minimum absolute atomic E-state index is 0.0294. The smallest absolute Gasteiger partial charge is 0.255 e. The van der Waals surface area contributed by atoms with Crippen molar-refractivity contribution in [2.45, 2.75) is 25.8 Å². The number of amides is 1. The highest BCUT2D eigenvalue weighted by Crippen LogP contribution is 2.20. The number of aliphatic hydroxyl groups is 1. The molecule has 2 N–H and O–H groups in total. The monoisotopic (exact) mass is 339 g/mol. The maximum absolute atomic E-state index is 12.5. The molecule has 1 atom stereocenters. The van der Waals surface area contributed by atoms with Crippen LogP contribution >= 0.6 is 0 Å². The molecule has 3 rings (SSSR count). The zero-order chi connectivity index (χ0) is 17.6. The maximum Gasteiger partial charge on any atom is 0.255 e. The van der Waals surface area contributed by atoms with Crippen LogP contribution in [-0.2, 0) is 0 Å². The van der Waals surface area contributed by atoms with E-state index < -0.39 is 0 Å². The number of aliphatic hydroxyl groups excluding tert-OH is 1. The van der Waals surface area contributed by atoms with E-state index in [4.69, 9.17) is 0 Å². The zero-order valence-corrected chi connectivity index (χ0v) is 14.6. The van der Waals surface area contributed by atoms with Gasteiger partial charge in [0, 0.05) is 19.3 Å². The Labute approximate surface area is 148 Å². The standard InChI is InChI=1S/C20H25N3O2/c1-15-9-11-23(12-10-15)20(25)17-7-8-19(21-13-17)22-18(14-24)16-5-3-2-4-6-16/h2-8,13,15,18,24H,9-12,14H2,1H3,(H,21,22). The Balaban J connectivity index is 1.64. The van der Waals surface area contributed by atoms with Crippen molar-refractivity contribution in [2.24, 2.45) is 5.92 Å². The summed E-state index contributed by atoms with van der Waals surface area (Å²) in [4.78, 5) is 18.8. The van der Waals surface area contributed by atoms with Crippen LogP contribution in [0.3, 0.4) is 0 Å². The van der Waals surface area contributed by atoms with Crippen LogP contribution in [-0.4, -0.2) is 40.6 Å². The van der Waals surface area contributed by atoms with E-state index in [1.165, 1.54) is 0 Å². The van der Waals surface area contributed by atoms with E-state index >= 15 is 0 Å². The number of nitrogens with zero attached hydrogens (tertiary/aromatic N) is 2. The number of carbonyl (C=O) groups excluding carboxylic acids is 1. The van der Waals surface area contributed by atoms with Gasteiger partial charge >= 0.3 is 0 Å². The number of hydrogen-bond acceptors (Lipinski definition) is 4. The highest BCUT2D eigenvalue weighted by molar-refractivity contribution is 5.94. The van der Waals surface area contributed by atoms with Crippen molar-refractivity contribution < 1.29 is 9.90 Å². The van der Waals surface area contributed by atoms with Crippen LogP contribution in [0.4, 0.5) is 5.82 Å². The highest BCUT2D eigenvalue weighted by atomic mass is 16.3. The van der Waals surface area contributed by atoms with E-state index in [-0.39, 0.29) is 18.6 Å². The third-order valence-electron chi connectivity index (χ3n) is 4.79. The van der Waals surface area contributed by atoms with Crippen molar-refractivity contribution in [3.63, 3.8) is 0 Å². The summed E-state index contributed by atoms with van der Waals surface area (Å²) in [5, 5.41) is 12.8. The molecule has 5 heteroatoms. The first-order valence-electron chi connectivity index (χ1n) is 8.85. The summed E-state index contributed by atoms with van der Waals surface area (Å²) in [5.41, 5.74) is 1.61. The van der Waals surface area contributed by atoms with Gasteiger partial charge in [0.1, 0.15) is 5.82 Å². The van der Waals surface area contributed by atoms with Crippen LogP contribution in [0.5, 0.6) is 0 Å². The van der Waals surface area contributed by atoms with Gasteiger partial charge in [0.2, 0.25) is 0 Å². The number of piperidine rings is 1. The van der Waals surface area contributed by atoms with Crippen LogP contribution < -0.4 is 5.32 Å². The minimum Gasteiger partial charge on any atom is -0.394 e. The van der Waals surface area contributed by atoms with Gasteiger partial charge in [-0.3, -0.25) is 4.79 Å². The molecular weight excluding hydrogens is 314 g/mol. The molecule has 1 aliphatic rings. The normalized spacial score (nSPS) is 16.5. The van der Waals surface area contributed by atoms with Gasteiger partial charge in [-0.15, -0.1) is 0 Å². The van der Waals surface area contributed by atoms with E-state index in [0.29, 0.717) is 17.3 Å². The maximum atomic E-state index is 12.5. The SMILES string of the molecule is CC1CCN(C(=O)c2ccc(NC(CO)c3ccccc3)nc2)CC1. The Morgan fingerprint density at radius 2 is 1.96 bits per heavy atom. The van der Waals surface area contributed by atoms with Crippen molar-refractivity contribution in [2.75, 3.05) is 25.0 Å². The number of pyridine rings is 1. The quantitative estimate of drug-likeness (QED) is 0.878. The fourth-order valence-corrected chi connectivity index (χ4v) is 3.10. The Kier molecular flexibility index (Phi) is 5.66. The first-order valence-corrected chi connectivity index (χ1v) is 8.85. The number of rotatable bonds is 5. The van der Waals surface area contributed by atoms with Crippen molar-refractivity contribution >= 4 is 11.7 Å². The average molecular weight is 339 g/mol. The molecule has 132 valence electrons. The summed E-state index contributed by atoms with van der Waals surface area (Å²) < 4.78 is 0. The predicted molar refractivity (Wildman–Crippen MR) is 98.4 cm³/mol. The van der Waals surface area contributed by atoms with E-state index in [2.05, 4.69) is 17.2 Å². The number of nitrogens with one attached hydrogen (secondary N) is 1. The van der Waals surface area contributed by atoms with Gasteiger partial charge in [-0.05, 0) is 36.5 Å². The molecular formula is C20H25N3O2. The van der Waals surface area contributed by atoms with Gasteiger partial charge in [-0.2, -0.15) is 0 Å². The van der Waals surface area contributed by atoms with Gasteiger partial charge < -0.3 is 15.3 Å². The summed E-state index contributed by atoms with van der Waals surface area (Å²) in [6.45, 7) is 3.84. The molecule has 1 aromatic heterocycles. The number of hydrogen-bond donors (Lipinski definition) is 2. The number of benzene rings is 1. The van der Waals surface area contributed by atoms with Crippen molar-refractivity contribution in [3.8, 4) is 0 Å². The first-order chi connectivity index (χ1) is 12.2. The minimum atomic E-state index is -0.223. The number of anilines is 1. The Morgan fingerprint density at radius 3 is 2.56 bits per heavy atom. The first kappa shape index (κ1) is 17.4. The molecule has 5 nitrogen and oxygen atoms in total. The molecule has 0 saturated carbocycles. The second-order valence-electron chi connectivity index (χ2n) is 6.70. The Hall–Kier alpha value is -2.40. The highest BCUT2D eigenvalue weighted by Gasteiger charge is 2.21. The molecule has 1 fully saturated rings. The largest absolute Gasteiger partial charge is 0.394 e. The van der Waals surface area contributed by atoms with Gasteiger partial charge in [-0.1, -0.05) is 37.3 Å². The van der Waals surface area contributed by atoms with E-state index in [9.17, 15) is 9.90 Å². The molecule has 0 aliphatic carbocycles. The second-order valence-corrected chi connectivity index (χ2v) is 6.70. The van der Waals surface area contributed by atoms with Crippen LogP contribution in [0.15, 0.2) is 48.7 Å². The summed E-state index contributed by atoms with van der Waals surface area (Å²) in [6, 6.07) is 13.1. The molecule has 0 spiro atoms. The predicted octanol–water partition coefficient (Wildman–Crippen LogP) is 3.10. The lowest BCUT2D eigenvalue weighted by Crippen LogP contribution is -2.37. The number of aromatic nitrogens is 1.